The standard InChI is InChI=1S/C24H37N5O4/c1-6-18(30)27-22(4,5)11-12-29-20(33-14-16(2)3)17(13-26-29)19(31)28-24-9-7-23(15-24,8-10-24)21(25)32/h11-13,16H,6-10,14-15H2,1-5H3,(H2,25,32)(H,27,30)(H,28,31)/b12-11+. The van der Waals surface area contributed by atoms with E-state index >= 15 is 0 Å². The predicted octanol–water partition coefficient (Wildman–Crippen LogP) is 2.61. The van der Waals surface area contributed by atoms with Crippen molar-refractivity contribution in [3.63, 3.8) is 0 Å². The fourth-order valence-electron chi connectivity index (χ4n) is 4.77. The highest BCUT2D eigenvalue weighted by molar-refractivity contribution is 5.97. The third kappa shape index (κ3) is 5.39. The lowest BCUT2D eigenvalue weighted by Gasteiger charge is -2.28. The molecule has 1 aromatic rings. The van der Waals surface area contributed by atoms with Crippen LogP contribution in [0, 0.1) is 11.3 Å². The second kappa shape index (κ2) is 9.19. The van der Waals surface area contributed by atoms with Gasteiger partial charge in [-0.1, -0.05) is 20.8 Å². The Hall–Kier alpha value is -2.84. The molecule has 1 heterocycles. The van der Waals surface area contributed by atoms with Gasteiger partial charge in [-0.05, 0) is 57.9 Å². The zero-order valence-electron chi connectivity index (χ0n) is 20.4. The molecule has 0 saturated heterocycles. The van der Waals surface area contributed by atoms with Crippen LogP contribution in [0.15, 0.2) is 12.3 Å². The van der Waals surface area contributed by atoms with Gasteiger partial charge in [-0.25, -0.2) is 4.68 Å². The van der Waals surface area contributed by atoms with E-state index in [1.165, 1.54) is 10.9 Å². The molecule has 182 valence electrons. The van der Waals surface area contributed by atoms with Crippen molar-refractivity contribution in [2.45, 2.75) is 84.2 Å². The van der Waals surface area contributed by atoms with Crippen LogP contribution in [-0.4, -0.2) is 45.2 Å². The molecule has 33 heavy (non-hydrogen) atoms. The number of fused-ring (bicyclic) bond motifs is 2. The highest BCUT2D eigenvalue weighted by Crippen LogP contribution is 2.56. The number of carbonyl (C=O) groups is 3. The van der Waals surface area contributed by atoms with Gasteiger partial charge in [0, 0.05) is 18.2 Å². The van der Waals surface area contributed by atoms with Crippen molar-refractivity contribution < 1.29 is 19.1 Å². The molecule has 0 radical (unpaired) electrons. The second-order valence-electron chi connectivity index (χ2n) is 10.5. The molecule has 2 fully saturated rings. The summed E-state index contributed by atoms with van der Waals surface area (Å²) in [5.41, 5.74) is 4.49. The number of aromatic nitrogens is 2. The first-order chi connectivity index (χ1) is 15.4. The van der Waals surface area contributed by atoms with Gasteiger partial charge < -0.3 is 21.1 Å². The van der Waals surface area contributed by atoms with Gasteiger partial charge in [-0.15, -0.1) is 0 Å². The molecule has 1 aromatic heterocycles. The molecule has 9 heteroatoms. The monoisotopic (exact) mass is 459 g/mol. The zero-order valence-corrected chi connectivity index (χ0v) is 20.4. The summed E-state index contributed by atoms with van der Waals surface area (Å²) in [4.78, 5) is 37.0. The molecule has 0 aliphatic heterocycles. The predicted molar refractivity (Wildman–Crippen MR) is 125 cm³/mol. The summed E-state index contributed by atoms with van der Waals surface area (Å²) in [5.74, 6) is 0.0133. The summed E-state index contributed by atoms with van der Waals surface area (Å²) in [6.45, 7) is 10.0. The Morgan fingerprint density at radius 3 is 2.48 bits per heavy atom. The Morgan fingerprint density at radius 1 is 1.27 bits per heavy atom. The van der Waals surface area contributed by atoms with Crippen LogP contribution in [-0.2, 0) is 9.59 Å². The molecule has 0 atom stereocenters. The molecule has 3 rings (SSSR count). The van der Waals surface area contributed by atoms with Gasteiger partial charge in [0.15, 0.2) is 0 Å². The van der Waals surface area contributed by atoms with Crippen molar-refractivity contribution in [2.75, 3.05) is 6.61 Å². The summed E-state index contributed by atoms with van der Waals surface area (Å²) in [7, 11) is 0. The maximum atomic E-state index is 13.3. The molecule has 2 aliphatic rings. The van der Waals surface area contributed by atoms with Gasteiger partial charge in [0.25, 0.3) is 5.91 Å². The lowest BCUT2D eigenvalue weighted by Crippen LogP contribution is -2.45. The molecular formula is C24H37N5O4. The van der Waals surface area contributed by atoms with E-state index in [1.54, 1.807) is 13.1 Å². The SMILES string of the molecule is CCC(=O)NC(C)(C)/C=C/n1ncc(C(=O)NC23CCC(C(N)=O)(CC2)C3)c1OCC(C)C. The first-order valence-corrected chi connectivity index (χ1v) is 11.7. The third-order valence-electron chi connectivity index (χ3n) is 6.71. The molecule has 2 aliphatic carbocycles. The summed E-state index contributed by atoms with van der Waals surface area (Å²) in [6, 6.07) is 0. The van der Waals surface area contributed by atoms with Gasteiger partial charge >= 0.3 is 0 Å². The highest BCUT2D eigenvalue weighted by atomic mass is 16.5. The number of primary amides is 1. The van der Waals surface area contributed by atoms with E-state index < -0.39 is 16.5 Å². The first kappa shape index (κ1) is 24.8. The molecule has 3 amide bonds. The van der Waals surface area contributed by atoms with Crippen LogP contribution in [0.5, 0.6) is 5.88 Å². The van der Waals surface area contributed by atoms with Gasteiger partial charge in [0.05, 0.1) is 23.8 Å². The lowest BCUT2D eigenvalue weighted by molar-refractivity contribution is -0.127. The smallest absolute Gasteiger partial charge is 0.258 e. The number of rotatable bonds is 10. The number of amides is 3. The molecule has 2 bridgehead atoms. The van der Waals surface area contributed by atoms with E-state index in [1.807, 2.05) is 33.8 Å². The van der Waals surface area contributed by atoms with Crippen LogP contribution < -0.4 is 21.1 Å². The maximum absolute atomic E-state index is 13.3. The number of nitrogens with one attached hydrogen (secondary N) is 2. The molecule has 4 N–H and O–H groups in total. The van der Waals surface area contributed by atoms with E-state index in [0.29, 0.717) is 43.7 Å². The Bertz CT molecular complexity index is 939. The number of hydrogen-bond acceptors (Lipinski definition) is 5. The molecular weight excluding hydrogens is 422 g/mol. The summed E-state index contributed by atoms with van der Waals surface area (Å²) >= 11 is 0. The number of nitrogens with zero attached hydrogens (tertiary/aromatic N) is 2. The largest absolute Gasteiger partial charge is 0.477 e. The normalized spacial score (nSPS) is 24.4. The molecule has 0 aromatic carbocycles. The van der Waals surface area contributed by atoms with Crippen molar-refractivity contribution in [1.82, 2.24) is 20.4 Å². The van der Waals surface area contributed by atoms with E-state index in [9.17, 15) is 14.4 Å². The number of nitrogens with two attached hydrogens (primary N) is 1. The van der Waals surface area contributed by atoms with Crippen LogP contribution >= 0.6 is 0 Å². The lowest BCUT2D eigenvalue weighted by atomic mass is 9.83. The first-order valence-electron chi connectivity index (χ1n) is 11.7. The van der Waals surface area contributed by atoms with Gasteiger partial charge in [-0.3, -0.25) is 14.4 Å². The van der Waals surface area contributed by atoms with E-state index in [0.717, 1.165) is 12.8 Å². The quantitative estimate of drug-likeness (QED) is 0.495. The minimum Gasteiger partial charge on any atom is -0.477 e. The van der Waals surface area contributed by atoms with Crippen molar-refractivity contribution in [3.8, 4) is 5.88 Å². The minimum absolute atomic E-state index is 0.0547. The van der Waals surface area contributed by atoms with Gasteiger partial charge in [-0.2, -0.15) is 5.10 Å². The summed E-state index contributed by atoms with van der Waals surface area (Å²) in [5, 5.41) is 10.4. The number of carbonyl (C=O) groups excluding carboxylic acids is 3. The summed E-state index contributed by atoms with van der Waals surface area (Å²) < 4.78 is 7.50. The Morgan fingerprint density at radius 2 is 1.94 bits per heavy atom. The van der Waals surface area contributed by atoms with Crippen LogP contribution in [0.2, 0.25) is 0 Å². The average Bonchev–Trinajstić information content (AvgIpc) is 3.42. The maximum Gasteiger partial charge on any atom is 0.258 e. The van der Waals surface area contributed by atoms with Gasteiger partial charge in [0.2, 0.25) is 17.7 Å². The van der Waals surface area contributed by atoms with Crippen molar-refractivity contribution in [3.05, 3.63) is 17.8 Å². The number of ether oxygens (including phenoxy) is 1. The zero-order chi connectivity index (χ0) is 24.4. The molecule has 2 saturated carbocycles. The van der Waals surface area contributed by atoms with Crippen LogP contribution in [0.3, 0.4) is 0 Å². The Balaban J connectivity index is 1.81. The minimum atomic E-state index is -0.596. The fraction of sp³-hybridized carbons (Fsp3) is 0.667. The van der Waals surface area contributed by atoms with Crippen LogP contribution in [0.25, 0.3) is 6.20 Å². The van der Waals surface area contributed by atoms with Crippen molar-refractivity contribution >= 4 is 23.9 Å². The van der Waals surface area contributed by atoms with E-state index in [-0.39, 0.29) is 23.6 Å². The van der Waals surface area contributed by atoms with Crippen molar-refractivity contribution in [1.29, 1.82) is 0 Å². The van der Waals surface area contributed by atoms with Crippen LogP contribution in [0.1, 0.15) is 83.5 Å². The molecule has 9 nitrogen and oxygen atoms in total. The highest BCUT2D eigenvalue weighted by Gasteiger charge is 2.58. The van der Waals surface area contributed by atoms with Crippen LogP contribution in [0.4, 0.5) is 0 Å². The second-order valence-corrected chi connectivity index (χ2v) is 10.5. The third-order valence-corrected chi connectivity index (χ3v) is 6.71. The molecule has 0 unspecified atom stereocenters. The topological polar surface area (TPSA) is 128 Å². The molecule has 0 spiro atoms. The van der Waals surface area contributed by atoms with Gasteiger partial charge in [0.1, 0.15) is 5.56 Å². The van der Waals surface area contributed by atoms with E-state index in [2.05, 4.69) is 15.7 Å². The van der Waals surface area contributed by atoms with E-state index in [4.69, 9.17) is 10.5 Å². The Kier molecular flexibility index (Phi) is 6.91. The van der Waals surface area contributed by atoms with Crippen molar-refractivity contribution in [2.24, 2.45) is 17.1 Å². The number of hydrogen-bond donors (Lipinski definition) is 3. The summed E-state index contributed by atoms with van der Waals surface area (Å²) in [6.07, 6.45) is 8.88. The fourth-order valence-corrected chi connectivity index (χ4v) is 4.77. The Labute approximate surface area is 195 Å². The average molecular weight is 460 g/mol.